The molecular formula is C15H14ClF2NO. The van der Waals surface area contributed by atoms with E-state index in [1.165, 1.54) is 7.11 Å². The Morgan fingerprint density at radius 1 is 1.15 bits per heavy atom. The van der Waals surface area contributed by atoms with Crippen LogP contribution in [0.25, 0.3) is 11.1 Å². The third-order valence-electron chi connectivity index (χ3n) is 2.96. The summed E-state index contributed by atoms with van der Waals surface area (Å²) in [6, 6.07) is 7.31. The molecule has 0 aliphatic carbocycles. The number of hydrogen-bond donors (Lipinski definition) is 1. The van der Waals surface area contributed by atoms with Crippen LogP contribution in [-0.2, 0) is 6.54 Å². The van der Waals surface area contributed by atoms with Gasteiger partial charge in [-0.1, -0.05) is 17.7 Å². The molecule has 2 rings (SSSR count). The van der Waals surface area contributed by atoms with Crippen LogP contribution in [0, 0.1) is 11.6 Å². The van der Waals surface area contributed by atoms with Crippen LogP contribution < -0.4 is 10.1 Å². The Kier molecular flexibility index (Phi) is 4.57. The van der Waals surface area contributed by atoms with Crippen molar-refractivity contribution < 1.29 is 13.5 Å². The zero-order valence-electron chi connectivity index (χ0n) is 11.1. The highest BCUT2D eigenvalue weighted by Gasteiger charge is 2.17. The maximum Gasteiger partial charge on any atom is 0.137 e. The summed E-state index contributed by atoms with van der Waals surface area (Å²) in [7, 11) is 3.12. The van der Waals surface area contributed by atoms with Crippen LogP contribution in [0.4, 0.5) is 8.78 Å². The molecule has 20 heavy (non-hydrogen) atoms. The van der Waals surface area contributed by atoms with Crippen molar-refractivity contribution in [2.24, 2.45) is 0 Å². The fourth-order valence-electron chi connectivity index (χ4n) is 2.05. The molecule has 0 aliphatic heterocycles. The van der Waals surface area contributed by atoms with Gasteiger partial charge in [-0.2, -0.15) is 0 Å². The summed E-state index contributed by atoms with van der Waals surface area (Å²) >= 11 is 5.94. The Bertz CT molecular complexity index is 608. The molecule has 2 aromatic carbocycles. The predicted molar refractivity (Wildman–Crippen MR) is 76.1 cm³/mol. The number of benzene rings is 2. The van der Waals surface area contributed by atoms with E-state index in [1.807, 2.05) is 0 Å². The Hall–Kier alpha value is -1.65. The summed E-state index contributed by atoms with van der Waals surface area (Å²) in [5.41, 5.74) is 1.10. The molecular weight excluding hydrogens is 284 g/mol. The molecule has 2 aromatic rings. The number of halogens is 3. The molecule has 0 saturated heterocycles. The van der Waals surface area contributed by atoms with Crippen molar-refractivity contribution in [1.82, 2.24) is 5.32 Å². The second kappa shape index (κ2) is 6.20. The third kappa shape index (κ3) is 2.92. The molecule has 0 bridgehead atoms. The smallest absolute Gasteiger partial charge is 0.137 e. The molecule has 0 spiro atoms. The maximum absolute atomic E-state index is 14.2. The first-order valence-electron chi connectivity index (χ1n) is 6.03. The SMILES string of the molecule is CNCc1ccc(Cl)cc1-c1c(F)cc(OC)cc1F. The second-order valence-corrected chi connectivity index (χ2v) is 4.73. The van der Waals surface area contributed by atoms with Gasteiger partial charge in [0.05, 0.1) is 12.7 Å². The topological polar surface area (TPSA) is 21.3 Å². The van der Waals surface area contributed by atoms with E-state index >= 15 is 0 Å². The van der Waals surface area contributed by atoms with E-state index in [4.69, 9.17) is 16.3 Å². The summed E-state index contributed by atoms with van der Waals surface area (Å²) in [5.74, 6) is -1.22. The fraction of sp³-hybridized carbons (Fsp3) is 0.200. The zero-order chi connectivity index (χ0) is 14.7. The van der Waals surface area contributed by atoms with Gasteiger partial charge >= 0.3 is 0 Å². The van der Waals surface area contributed by atoms with Crippen molar-refractivity contribution in [2.45, 2.75) is 6.54 Å². The van der Waals surface area contributed by atoms with Crippen LogP contribution in [0.1, 0.15) is 5.56 Å². The monoisotopic (exact) mass is 297 g/mol. The number of rotatable bonds is 4. The van der Waals surface area contributed by atoms with Gasteiger partial charge in [0.1, 0.15) is 17.4 Å². The van der Waals surface area contributed by atoms with Gasteiger partial charge in [-0.05, 0) is 30.3 Å². The number of hydrogen-bond acceptors (Lipinski definition) is 2. The van der Waals surface area contributed by atoms with Crippen molar-refractivity contribution in [3.63, 3.8) is 0 Å². The number of nitrogens with one attached hydrogen (secondary N) is 1. The summed E-state index contributed by atoms with van der Waals surface area (Å²) in [6.45, 7) is 0.484. The van der Waals surface area contributed by atoms with E-state index in [2.05, 4.69) is 5.32 Å². The lowest BCUT2D eigenvalue weighted by Gasteiger charge is -2.13. The Morgan fingerprint density at radius 3 is 2.35 bits per heavy atom. The van der Waals surface area contributed by atoms with E-state index in [0.717, 1.165) is 17.7 Å². The highest BCUT2D eigenvalue weighted by Crippen LogP contribution is 2.33. The van der Waals surface area contributed by atoms with Gasteiger partial charge in [-0.3, -0.25) is 0 Å². The van der Waals surface area contributed by atoms with Crippen LogP contribution in [0.3, 0.4) is 0 Å². The first-order valence-corrected chi connectivity index (χ1v) is 6.41. The minimum absolute atomic E-state index is 0.0986. The average Bonchev–Trinajstić information content (AvgIpc) is 2.41. The molecule has 106 valence electrons. The number of methoxy groups -OCH3 is 1. The van der Waals surface area contributed by atoms with Gasteiger partial charge in [-0.25, -0.2) is 8.78 Å². The Labute approximate surface area is 121 Å². The average molecular weight is 298 g/mol. The van der Waals surface area contributed by atoms with Crippen molar-refractivity contribution in [3.05, 3.63) is 52.6 Å². The van der Waals surface area contributed by atoms with E-state index in [0.29, 0.717) is 17.1 Å². The Balaban J connectivity index is 2.64. The van der Waals surface area contributed by atoms with Crippen molar-refractivity contribution in [3.8, 4) is 16.9 Å². The van der Waals surface area contributed by atoms with Crippen LogP contribution in [-0.4, -0.2) is 14.2 Å². The normalized spacial score (nSPS) is 10.7. The first-order chi connectivity index (χ1) is 9.56. The molecule has 0 saturated carbocycles. The summed E-state index contributed by atoms with van der Waals surface area (Å²) in [5, 5.41) is 3.39. The maximum atomic E-state index is 14.2. The lowest BCUT2D eigenvalue weighted by Crippen LogP contribution is -2.07. The van der Waals surface area contributed by atoms with Crippen molar-refractivity contribution >= 4 is 11.6 Å². The van der Waals surface area contributed by atoms with Crippen LogP contribution in [0.2, 0.25) is 5.02 Å². The largest absolute Gasteiger partial charge is 0.497 e. The van der Waals surface area contributed by atoms with E-state index < -0.39 is 11.6 Å². The molecule has 0 atom stereocenters. The van der Waals surface area contributed by atoms with Gasteiger partial charge in [0, 0.05) is 23.7 Å². The zero-order valence-corrected chi connectivity index (χ0v) is 11.9. The predicted octanol–water partition coefficient (Wildman–Crippen LogP) is 4.01. The third-order valence-corrected chi connectivity index (χ3v) is 3.19. The van der Waals surface area contributed by atoms with Gasteiger partial charge < -0.3 is 10.1 Å². The molecule has 1 N–H and O–H groups in total. The lowest BCUT2D eigenvalue weighted by atomic mass is 9.98. The van der Waals surface area contributed by atoms with Gasteiger partial charge in [0.15, 0.2) is 0 Å². The Morgan fingerprint density at radius 2 is 1.80 bits per heavy atom. The fourth-order valence-corrected chi connectivity index (χ4v) is 2.22. The van der Waals surface area contributed by atoms with Gasteiger partial charge in [0.2, 0.25) is 0 Å². The highest BCUT2D eigenvalue weighted by atomic mass is 35.5. The minimum atomic E-state index is -0.679. The van der Waals surface area contributed by atoms with E-state index in [9.17, 15) is 8.78 Å². The lowest BCUT2D eigenvalue weighted by molar-refractivity contribution is 0.407. The molecule has 0 radical (unpaired) electrons. The molecule has 0 amide bonds. The minimum Gasteiger partial charge on any atom is -0.497 e. The molecule has 0 unspecified atom stereocenters. The van der Waals surface area contributed by atoms with Crippen LogP contribution in [0.5, 0.6) is 5.75 Å². The highest BCUT2D eigenvalue weighted by molar-refractivity contribution is 6.30. The molecule has 0 heterocycles. The number of ether oxygens (including phenoxy) is 1. The molecule has 5 heteroatoms. The van der Waals surface area contributed by atoms with E-state index in [1.54, 1.807) is 25.2 Å². The standard InChI is InChI=1S/C15H14ClF2NO/c1-19-8-9-3-4-10(16)5-12(9)15-13(17)6-11(20-2)7-14(15)18/h3-7,19H,8H2,1-2H3. The van der Waals surface area contributed by atoms with Crippen LogP contribution in [0.15, 0.2) is 30.3 Å². The summed E-state index contributed by atoms with van der Waals surface area (Å²) in [6.07, 6.45) is 0. The van der Waals surface area contributed by atoms with Crippen molar-refractivity contribution in [2.75, 3.05) is 14.2 Å². The molecule has 0 fully saturated rings. The summed E-state index contributed by atoms with van der Waals surface area (Å²) in [4.78, 5) is 0. The molecule has 0 aliphatic rings. The molecule has 0 aromatic heterocycles. The quantitative estimate of drug-likeness (QED) is 0.920. The van der Waals surface area contributed by atoms with Gasteiger partial charge in [0.25, 0.3) is 0 Å². The van der Waals surface area contributed by atoms with Crippen molar-refractivity contribution in [1.29, 1.82) is 0 Å². The van der Waals surface area contributed by atoms with E-state index in [-0.39, 0.29) is 11.3 Å². The summed E-state index contributed by atoms with van der Waals surface area (Å²) < 4.78 is 33.2. The van der Waals surface area contributed by atoms with Gasteiger partial charge in [-0.15, -0.1) is 0 Å². The second-order valence-electron chi connectivity index (χ2n) is 4.30. The molecule has 2 nitrogen and oxygen atoms in total. The van der Waals surface area contributed by atoms with Crippen LogP contribution >= 0.6 is 11.6 Å². The first kappa shape index (κ1) is 14.8.